The van der Waals surface area contributed by atoms with E-state index in [1.54, 1.807) is 0 Å². The molecule has 0 amide bonds. The standard InChI is InChI=1S/C20H40O/c1-5-6-7-8-9-10-11-12-13-14-15-16-17-19(21)18-20(2,3)4/h5-18H2,1-4H3. The summed E-state index contributed by atoms with van der Waals surface area (Å²) in [5, 5.41) is 0. The molecule has 0 atom stereocenters. The second-order valence-electron chi connectivity index (χ2n) is 7.92. The third-order valence-electron chi connectivity index (χ3n) is 4.04. The van der Waals surface area contributed by atoms with Crippen molar-refractivity contribution in [2.45, 2.75) is 118 Å². The summed E-state index contributed by atoms with van der Waals surface area (Å²) in [5.41, 5.74) is 0.161. The minimum atomic E-state index is 0.161. The molecule has 0 N–H and O–H groups in total. The molecule has 21 heavy (non-hydrogen) atoms. The molecule has 126 valence electrons. The number of unbranched alkanes of at least 4 members (excludes halogenated alkanes) is 11. The fourth-order valence-electron chi connectivity index (χ4n) is 2.84. The summed E-state index contributed by atoms with van der Waals surface area (Å²) in [6, 6.07) is 0. The molecule has 0 saturated carbocycles. The molecular formula is C20H40O. The van der Waals surface area contributed by atoms with Crippen LogP contribution >= 0.6 is 0 Å². The Kier molecular flexibility index (Phi) is 13.1. The van der Waals surface area contributed by atoms with Gasteiger partial charge in [-0.15, -0.1) is 0 Å². The van der Waals surface area contributed by atoms with E-state index in [0.717, 1.165) is 19.3 Å². The van der Waals surface area contributed by atoms with Gasteiger partial charge in [0.25, 0.3) is 0 Å². The Labute approximate surface area is 134 Å². The monoisotopic (exact) mass is 296 g/mol. The maximum Gasteiger partial charge on any atom is 0.133 e. The Morgan fingerprint density at radius 3 is 1.43 bits per heavy atom. The Hall–Kier alpha value is -0.330. The lowest BCUT2D eigenvalue weighted by atomic mass is 9.88. The largest absolute Gasteiger partial charge is 0.300 e. The Morgan fingerprint density at radius 1 is 0.667 bits per heavy atom. The van der Waals surface area contributed by atoms with Crippen LogP contribution in [0.5, 0.6) is 0 Å². The topological polar surface area (TPSA) is 17.1 Å². The Bertz CT molecular complexity index is 237. The zero-order valence-corrected chi connectivity index (χ0v) is 15.3. The molecule has 0 aliphatic rings. The lowest BCUT2D eigenvalue weighted by Crippen LogP contribution is -2.12. The van der Waals surface area contributed by atoms with E-state index in [9.17, 15) is 4.79 Å². The van der Waals surface area contributed by atoms with Crippen LogP contribution in [0, 0.1) is 5.41 Å². The summed E-state index contributed by atoms with van der Waals surface area (Å²) in [6.45, 7) is 8.71. The van der Waals surface area contributed by atoms with E-state index in [2.05, 4.69) is 27.7 Å². The maximum absolute atomic E-state index is 11.7. The molecule has 0 aromatic rings. The van der Waals surface area contributed by atoms with E-state index >= 15 is 0 Å². The van der Waals surface area contributed by atoms with Crippen LogP contribution in [0.2, 0.25) is 0 Å². The molecule has 0 heterocycles. The van der Waals surface area contributed by atoms with Crippen molar-refractivity contribution in [2.75, 3.05) is 0 Å². The first-order chi connectivity index (χ1) is 9.95. The van der Waals surface area contributed by atoms with Crippen molar-refractivity contribution in [2.24, 2.45) is 5.41 Å². The second kappa shape index (κ2) is 13.3. The lowest BCUT2D eigenvalue weighted by Gasteiger charge is -2.16. The second-order valence-corrected chi connectivity index (χ2v) is 7.92. The highest BCUT2D eigenvalue weighted by atomic mass is 16.1. The molecule has 0 fully saturated rings. The average molecular weight is 297 g/mol. The van der Waals surface area contributed by atoms with Crippen LogP contribution in [-0.2, 0) is 4.79 Å². The van der Waals surface area contributed by atoms with Gasteiger partial charge in [-0.25, -0.2) is 0 Å². The van der Waals surface area contributed by atoms with Gasteiger partial charge in [0.15, 0.2) is 0 Å². The van der Waals surface area contributed by atoms with E-state index in [-0.39, 0.29) is 5.41 Å². The van der Waals surface area contributed by atoms with Crippen molar-refractivity contribution < 1.29 is 4.79 Å². The van der Waals surface area contributed by atoms with Crippen LogP contribution in [0.4, 0.5) is 0 Å². The summed E-state index contributed by atoms with van der Waals surface area (Å²) >= 11 is 0. The minimum Gasteiger partial charge on any atom is -0.300 e. The Balaban J connectivity index is 3.17. The normalized spacial score (nSPS) is 11.8. The summed E-state index contributed by atoms with van der Waals surface area (Å²) in [6.07, 6.45) is 17.8. The molecule has 0 rings (SSSR count). The highest BCUT2D eigenvalue weighted by Gasteiger charge is 2.15. The first kappa shape index (κ1) is 20.7. The van der Waals surface area contributed by atoms with Crippen LogP contribution in [0.25, 0.3) is 0 Å². The van der Waals surface area contributed by atoms with Gasteiger partial charge in [0.05, 0.1) is 0 Å². The maximum atomic E-state index is 11.7. The van der Waals surface area contributed by atoms with Crippen molar-refractivity contribution in [1.29, 1.82) is 0 Å². The van der Waals surface area contributed by atoms with Gasteiger partial charge in [-0.2, -0.15) is 0 Å². The van der Waals surface area contributed by atoms with Gasteiger partial charge in [0, 0.05) is 12.8 Å². The minimum absolute atomic E-state index is 0.161. The predicted octanol–water partition coefficient (Wildman–Crippen LogP) is 7.08. The fraction of sp³-hybridized carbons (Fsp3) is 0.950. The Morgan fingerprint density at radius 2 is 1.05 bits per heavy atom. The number of hydrogen-bond donors (Lipinski definition) is 0. The van der Waals surface area contributed by atoms with Gasteiger partial charge in [-0.05, 0) is 11.8 Å². The molecule has 0 radical (unpaired) electrons. The van der Waals surface area contributed by atoms with E-state index in [4.69, 9.17) is 0 Å². The molecule has 0 aromatic carbocycles. The van der Waals surface area contributed by atoms with E-state index in [1.807, 2.05) is 0 Å². The summed E-state index contributed by atoms with van der Waals surface area (Å²) in [5.74, 6) is 0.453. The number of ketones is 1. The first-order valence-electron chi connectivity index (χ1n) is 9.47. The van der Waals surface area contributed by atoms with Crippen LogP contribution in [-0.4, -0.2) is 5.78 Å². The molecule has 0 saturated heterocycles. The predicted molar refractivity (Wildman–Crippen MR) is 94.8 cm³/mol. The molecule has 0 unspecified atom stereocenters. The van der Waals surface area contributed by atoms with Crippen molar-refractivity contribution >= 4 is 5.78 Å². The van der Waals surface area contributed by atoms with Crippen molar-refractivity contribution in [1.82, 2.24) is 0 Å². The van der Waals surface area contributed by atoms with Crippen LogP contribution < -0.4 is 0 Å². The zero-order valence-electron chi connectivity index (χ0n) is 15.3. The van der Waals surface area contributed by atoms with Gasteiger partial charge >= 0.3 is 0 Å². The highest BCUT2D eigenvalue weighted by molar-refractivity contribution is 5.78. The highest BCUT2D eigenvalue weighted by Crippen LogP contribution is 2.20. The number of carbonyl (C=O) groups excluding carboxylic acids is 1. The molecule has 0 aromatic heterocycles. The summed E-state index contributed by atoms with van der Waals surface area (Å²) in [7, 11) is 0. The molecule has 1 nitrogen and oxygen atoms in total. The van der Waals surface area contributed by atoms with Crippen molar-refractivity contribution in [3.8, 4) is 0 Å². The quantitative estimate of drug-likeness (QED) is 0.313. The molecule has 1 heteroatoms. The third kappa shape index (κ3) is 17.6. The molecule has 0 aliphatic carbocycles. The lowest BCUT2D eigenvalue weighted by molar-refractivity contribution is -0.120. The first-order valence-corrected chi connectivity index (χ1v) is 9.47. The van der Waals surface area contributed by atoms with Crippen molar-refractivity contribution in [3.05, 3.63) is 0 Å². The van der Waals surface area contributed by atoms with Crippen molar-refractivity contribution in [3.63, 3.8) is 0 Å². The number of rotatable bonds is 14. The van der Waals surface area contributed by atoms with E-state index in [1.165, 1.54) is 70.6 Å². The molecular weight excluding hydrogens is 256 g/mol. The van der Waals surface area contributed by atoms with Gasteiger partial charge in [0.2, 0.25) is 0 Å². The van der Waals surface area contributed by atoms with Gasteiger partial charge in [-0.3, -0.25) is 4.79 Å². The van der Waals surface area contributed by atoms with Crippen LogP contribution in [0.1, 0.15) is 118 Å². The number of hydrogen-bond acceptors (Lipinski definition) is 1. The van der Waals surface area contributed by atoms with E-state index < -0.39 is 0 Å². The molecule has 0 aliphatic heterocycles. The third-order valence-corrected chi connectivity index (χ3v) is 4.04. The van der Waals surface area contributed by atoms with Gasteiger partial charge < -0.3 is 0 Å². The average Bonchev–Trinajstić information content (AvgIpc) is 2.38. The number of carbonyl (C=O) groups is 1. The smallest absolute Gasteiger partial charge is 0.133 e. The number of Topliss-reactive ketones (excluding diaryl/α,β-unsaturated/α-hetero) is 1. The molecule has 0 bridgehead atoms. The SMILES string of the molecule is CCCCCCCCCCCCCCC(=O)CC(C)(C)C. The fourth-order valence-corrected chi connectivity index (χ4v) is 2.84. The molecule has 0 spiro atoms. The summed E-state index contributed by atoms with van der Waals surface area (Å²) < 4.78 is 0. The van der Waals surface area contributed by atoms with Crippen LogP contribution in [0.15, 0.2) is 0 Å². The van der Waals surface area contributed by atoms with E-state index in [0.29, 0.717) is 5.78 Å². The van der Waals surface area contributed by atoms with Crippen LogP contribution in [0.3, 0.4) is 0 Å². The summed E-state index contributed by atoms with van der Waals surface area (Å²) in [4.78, 5) is 11.7. The van der Waals surface area contributed by atoms with Gasteiger partial charge in [0.1, 0.15) is 5.78 Å². The van der Waals surface area contributed by atoms with Gasteiger partial charge in [-0.1, -0.05) is 98.3 Å². The zero-order chi connectivity index (χ0) is 16.0.